The molecule has 5 nitrogen and oxygen atoms in total. The molecule has 1 aliphatic carbocycles. The molecule has 138 valence electrons. The van der Waals surface area contributed by atoms with Crippen molar-refractivity contribution < 1.29 is 9.59 Å². The highest BCUT2D eigenvalue weighted by molar-refractivity contribution is 7.20. The van der Waals surface area contributed by atoms with Crippen LogP contribution < -0.4 is 5.32 Å². The van der Waals surface area contributed by atoms with Crippen LogP contribution in [0.4, 0.5) is 4.79 Å². The number of hydrogen-bond acceptors (Lipinski definition) is 3. The Bertz CT molecular complexity index is 756. The summed E-state index contributed by atoms with van der Waals surface area (Å²) >= 11 is 1.55. The molecular formula is C20H25N3O2S. The fourth-order valence-electron chi connectivity index (χ4n) is 3.87. The summed E-state index contributed by atoms with van der Waals surface area (Å²) < 4.78 is 1.14. The van der Waals surface area contributed by atoms with Gasteiger partial charge in [0.1, 0.15) is 0 Å². The molecule has 0 unspecified atom stereocenters. The Hall–Kier alpha value is -2.08. The van der Waals surface area contributed by atoms with Crippen LogP contribution in [0.2, 0.25) is 0 Å². The van der Waals surface area contributed by atoms with Crippen LogP contribution in [0.3, 0.4) is 0 Å². The number of carbonyl (C=O) groups is 2. The van der Waals surface area contributed by atoms with E-state index in [4.69, 9.17) is 0 Å². The Balaban J connectivity index is 1.32. The summed E-state index contributed by atoms with van der Waals surface area (Å²) in [5, 5.41) is 4.28. The number of piperazine rings is 1. The largest absolute Gasteiger partial charge is 0.335 e. The zero-order chi connectivity index (χ0) is 17.9. The molecule has 0 radical (unpaired) electrons. The predicted molar refractivity (Wildman–Crippen MR) is 105 cm³/mol. The molecule has 0 atom stereocenters. The number of hydrogen-bond donors (Lipinski definition) is 1. The van der Waals surface area contributed by atoms with Gasteiger partial charge in [-0.3, -0.25) is 4.79 Å². The lowest BCUT2D eigenvalue weighted by Crippen LogP contribution is -2.54. The summed E-state index contributed by atoms with van der Waals surface area (Å²) in [4.78, 5) is 29.7. The minimum Gasteiger partial charge on any atom is -0.335 e. The molecule has 6 heteroatoms. The van der Waals surface area contributed by atoms with Crippen LogP contribution in [-0.2, 0) is 0 Å². The van der Waals surface area contributed by atoms with Gasteiger partial charge in [-0.05, 0) is 30.4 Å². The standard InChI is InChI=1S/C20H25N3O2S/c24-19(18-14-15-6-4-5-9-17(15)26-18)22-10-12-23(13-11-22)20(25)21-16-7-2-1-3-8-16/h4-6,9,14,16H,1-3,7-8,10-13H2,(H,21,25). The van der Waals surface area contributed by atoms with Crippen LogP contribution in [0, 0.1) is 0 Å². The third-order valence-electron chi connectivity index (χ3n) is 5.42. The van der Waals surface area contributed by atoms with Crippen LogP contribution in [0.5, 0.6) is 0 Å². The Morgan fingerprint density at radius 2 is 1.65 bits per heavy atom. The average Bonchev–Trinajstić information content (AvgIpc) is 3.12. The van der Waals surface area contributed by atoms with E-state index in [1.54, 1.807) is 11.3 Å². The van der Waals surface area contributed by atoms with E-state index in [1.165, 1.54) is 19.3 Å². The Morgan fingerprint density at radius 3 is 2.38 bits per heavy atom. The number of rotatable bonds is 2. The molecule has 2 aliphatic rings. The SMILES string of the molecule is O=C(NC1CCCCC1)N1CCN(C(=O)c2cc3ccccc3s2)CC1. The highest BCUT2D eigenvalue weighted by Crippen LogP contribution is 2.26. The van der Waals surface area contributed by atoms with E-state index in [-0.39, 0.29) is 11.9 Å². The zero-order valence-electron chi connectivity index (χ0n) is 14.9. The number of carbonyl (C=O) groups excluding carboxylic acids is 2. The molecule has 1 aliphatic heterocycles. The average molecular weight is 372 g/mol. The smallest absolute Gasteiger partial charge is 0.317 e. The van der Waals surface area contributed by atoms with E-state index >= 15 is 0 Å². The fraction of sp³-hybridized carbons (Fsp3) is 0.500. The van der Waals surface area contributed by atoms with Crippen molar-refractivity contribution in [2.24, 2.45) is 0 Å². The van der Waals surface area contributed by atoms with Crippen molar-refractivity contribution in [3.05, 3.63) is 35.2 Å². The van der Waals surface area contributed by atoms with Gasteiger partial charge in [-0.2, -0.15) is 0 Å². The molecule has 2 aromatic rings. The predicted octanol–water partition coefficient (Wildman–Crippen LogP) is 3.70. The van der Waals surface area contributed by atoms with Crippen molar-refractivity contribution in [2.75, 3.05) is 26.2 Å². The molecular weight excluding hydrogens is 346 g/mol. The van der Waals surface area contributed by atoms with Crippen LogP contribution in [-0.4, -0.2) is 54.0 Å². The fourth-order valence-corrected chi connectivity index (χ4v) is 4.90. The Morgan fingerprint density at radius 1 is 0.962 bits per heavy atom. The number of nitrogens with one attached hydrogen (secondary N) is 1. The number of nitrogens with zero attached hydrogens (tertiary/aromatic N) is 2. The molecule has 26 heavy (non-hydrogen) atoms. The van der Waals surface area contributed by atoms with E-state index in [2.05, 4.69) is 5.32 Å². The Labute approximate surface area is 158 Å². The van der Waals surface area contributed by atoms with Gasteiger partial charge >= 0.3 is 6.03 Å². The first-order valence-electron chi connectivity index (χ1n) is 9.54. The second-order valence-electron chi connectivity index (χ2n) is 7.21. The van der Waals surface area contributed by atoms with Gasteiger partial charge in [0, 0.05) is 36.9 Å². The summed E-state index contributed by atoms with van der Waals surface area (Å²) in [6.07, 6.45) is 5.89. The number of amides is 3. The molecule has 1 aromatic carbocycles. The van der Waals surface area contributed by atoms with E-state index in [9.17, 15) is 9.59 Å². The molecule has 3 amide bonds. The monoisotopic (exact) mass is 371 g/mol. The Kier molecular flexibility index (Phi) is 5.11. The van der Waals surface area contributed by atoms with E-state index in [1.807, 2.05) is 40.1 Å². The highest BCUT2D eigenvalue weighted by Gasteiger charge is 2.27. The minimum absolute atomic E-state index is 0.0332. The van der Waals surface area contributed by atoms with Gasteiger partial charge in [0.2, 0.25) is 0 Å². The number of urea groups is 1. The highest BCUT2D eigenvalue weighted by atomic mass is 32.1. The maximum Gasteiger partial charge on any atom is 0.317 e. The van der Waals surface area contributed by atoms with Crippen molar-refractivity contribution in [2.45, 2.75) is 38.1 Å². The van der Waals surface area contributed by atoms with Gasteiger partial charge in [-0.15, -0.1) is 11.3 Å². The third kappa shape index (κ3) is 3.70. The quantitative estimate of drug-likeness (QED) is 0.875. The summed E-state index contributed by atoms with van der Waals surface area (Å²) in [6.45, 7) is 2.42. The lowest BCUT2D eigenvalue weighted by Gasteiger charge is -2.35. The molecule has 0 bridgehead atoms. The molecule has 1 saturated carbocycles. The summed E-state index contributed by atoms with van der Waals surface area (Å²) in [5.41, 5.74) is 0. The van der Waals surface area contributed by atoms with Gasteiger partial charge < -0.3 is 15.1 Å². The second-order valence-corrected chi connectivity index (χ2v) is 8.30. The zero-order valence-corrected chi connectivity index (χ0v) is 15.8. The maximum absolute atomic E-state index is 12.8. The van der Waals surface area contributed by atoms with Crippen LogP contribution in [0.25, 0.3) is 10.1 Å². The summed E-state index contributed by atoms with van der Waals surface area (Å²) in [5.74, 6) is 0.0820. The van der Waals surface area contributed by atoms with Crippen LogP contribution in [0.1, 0.15) is 41.8 Å². The second kappa shape index (κ2) is 7.66. The normalized spacial score (nSPS) is 18.9. The molecule has 0 spiro atoms. The van der Waals surface area contributed by atoms with E-state index in [0.29, 0.717) is 32.2 Å². The number of fused-ring (bicyclic) bond motifs is 1. The molecule has 4 rings (SSSR count). The first-order chi connectivity index (χ1) is 12.7. The van der Waals surface area contributed by atoms with Crippen molar-refractivity contribution in [1.29, 1.82) is 0 Å². The van der Waals surface area contributed by atoms with E-state index in [0.717, 1.165) is 27.8 Å². The maximum atomic E-state index is 12.8. The topological polar surface area (TPSA) is 52.7 Å². The first kappa shape index (κ1) is 17.3. The summed E-state index contributed by atoms with van der Waals surface area (Å²) in [6, 6.07) is 10.4. The van der Waals surface area contributed by atoms with Crippen LogP contribution in [0.15, 0.2) is 30.3 Å². The van der Waals surface area contributed by atoms with Crippen molar-refractivity contribution in [1.82, 2.24) is 15.1 Å². The van der Waals surface area contributed by atoms with Gasteiger partial charge in [0.15, 0.2) is 0 Å². The molecule has 1 aromatic heterocycles. The van der Waals surface area contributed by atoms with Gasteiger partial charge in [0.25, 0.3) is 5.91 Å². The third-order valence-corrected chi connectivity index (χ3v) is 6.53. The lowest BCUT2D eigenvalue weighted by molar-refractivity contribution is 0.0667. The van der Waals surface area contributed by atoms with Crippen molar-refractivity contribution in [3.8, 4) is 0 Å². The lowest BCUT2D eigenvalue weighted by atomic mass is 9.96. The molecule has 2 fully saturated rings. The molecule has 1 saturated heterocycles. The first-order valence-corrected chi connectivity index (χ1v) is 10.4. The van der Waals surface area contributed by atoms with Crippen molar-refractivity contribution >= 4 is 33.4 Å². The van der Waals surface area contributed by atoms with E-state index < -0.39 is 0 Å². The number of thiophene rings is 1. The van der Waals surface area contributed by atoms with Gasteiger partial charge in [0.05, 0.1) is 4.88 Å². The van der Waals surface area contributed by atoms with Gasteiger partial charge in [-0.25, -0.2) is 4.79 Å². The van der Waals surface area contributed by atoms with Crippen LogP contribution >= 0.6 is 11.3 Å². The molecule has 2 heterocycles. The minimum atomic E-state index is 0.0332. The van der Waals surface area contributed by atoms with Crippen molar-refractivity contribution in [3.63, 3.8) is 0 Å². The van der Waals surface area contributed by atoms with Gasteiger partial charge in [-0.1, -0.05) is 37.5 Å². The molecule has 1 N–H and O–H groups in total. The summed E-state index contributed by atoms with van der Waals surface area (Å²) in [7, 11) is 0. The number of benzene rings is 1.